The van der Waals surface area contributed by atoms with E-state index in [2.05, 4.69) is 10.3 Å². The average molecular weight is 268 g/mol. The lowest BCUT2D eigenvalue weighted by molar-refractivity contribution is -0.141. The van der Waals surface area contributed by atoms with Crippen molar-refractivity contribution in [2.24, 2.45) is 0 Å². The van der Waals surface area contributed by atoms with Crippen LogP contribution in [0.2, 0.25) is 0 Å². The molecule has 0 aromatic carbocycles. The number of nitrogens with one attached hydrogen (secondary N) is 1. The molecule has 6 heteroatoms. The van der Waals surface area contributed by atoms with E-state index < -0.39 is 12.0 Å². The predicted octanol–water partition coefficient (Wildman–Crippen LogP) is 0.947. The summed E-state index contributed by atoms with van der Waals surface area (Å²) in [5.41, 5.74) is 0.768. The minimum atomic E-state index is -0.997. The maximum absolute atomic E-state index is 11.7. The number of hydrogen-bond acceptors (Lipinski definition) is 4. The summed E-state index contributed by atoms with van der Waals surface area (Å²) in [6.45, 7) is 0. The van der Waals surface area contributed by atoms with Gasteiger partial charge in [0.15, 0.2) is 0 Å². The molecular formula is C12H16N2O3S. The number of carboxylic acids is 1. The molecule has 0 fully saturated rings. The standard InChI is InChI=1S/C12H16N2O3S/c1-18-6-4-10(12(16)17)14-11(15)7-9-3-2-5-13-8-9/h2-3,5,8,10H,4,6-7H2,1H3,(H,14,15)(H,16,17)/t10-/m0/s1. The number of amides is 1. The smallest absolute Gasteiger partial charge is 0.326 e. The van der Waals surface area contributed by atoms with Gasteiger partial charge in [-0.05, 0) is 30.1 Å². The topological polar surface area (TPSA) is 79.3 Å². The van der Waals surface area contributed by atoms with E-state index in [0.717, 1.165) is 5.56 Å². The third-order valence-electron chi connectivity index (χ3n) is 2.33. The van der Waals surface area contributed by atoms with Crippen molar-refractivity contribution < 1.29 is 14.7 Å². The van der Waals surface area contributed by atoms with E-state index in [9.17, 15) is 9.59 Å². The highest BCUT2D eigenvalue weighted by Gasteiger charge is 2.19. The summed E-state index contributed by atoms with van der Waals surface area (Å²) in [5.74, 6) is -0.593. The first-order valence-corrected chi connectivity index (χ1v) is 6.93. The molecule has 0 saturated heterocycles. The SMILES string of the molecule is CSCC[C@H](NC(=O)Cc1cccnc1)C(=O)O. The van der Waals surface area contributed by atoms with Crippen LogP contribution in [0.25, 0.3) is 0 Å². The van der Waals surface area contributed by atoms with Gasteiger partial charge in [-0.15, -0.1) is 0 Å². The van der Waals surface area contributed by atoms with Gasteiger partial charge in [0.1, 0.15) is 6.04 Å². The minimum absolute atomic E-state index is 0.150. The van der Waals surface area contributed by atoms with E-state index in [1.54, 1.807) is 36.3 Å². The highest BCUT2D eigenvalue weighted by molar-refractivity contribution is 7.98. The van der Waals surface area contributed by atoms with Crippen molar-refractivity contribution in [1.82, 2.24) is 10.3 Å². The summed E-state index contributed by atoms with van der Waals surface area (Å²) in [5, 5.41) is 11.5. The summed E-state index contributed by atoms with van der Waals surface area (Å²) in [6, 6.07) is 2.71. The van der Waals surface area contributed by atoms with Crippen LogP contribution in [0.1, 0.15) is 12.0 Å². The van der Waals surface area contributed by atoms with E-state index >= 15 is 0 Å². The third kappa shape index (κ3) is 5.18. The van der Waals surface area contributed by atoms with Gasteiger partial charge in [0.05, 0.1) is 6.42 Å². The summed E-state index contributed by atoms with van der Waals surface area (Å²) < 4.78 is 0. The highest BCUT2D eigenvalue weighted by Crippen LogP contribution is 2.02. The zero-order valence-electron chi connectivity index (χ0n) is 10.1. The van der Waals surface area contributed by atoms with Crippen LogP contribution in [-0.4, -0.2) is 40.0 Å². The molecule has 98 valence electrons. The first kappa shape index (κ1) is 14.5. The first-order valence-electron chi connectivity index (χ1n) is 5.53. The van der Waals surface area contributed by atoms with Gasteiger partial charge in [-0.3, -0.25) is 9.78 Å². The van der Waals surface area contributed by atoms with Gasteiger partial charge in [-0.1, -0.05) is 6.07 Å². The molecule has 1 aromatic heterocycles. The molecule has 1 heterocycles. The predicted molar refractivity (Wildman–Crippen MR) is 70.5 cm³/mol. The summed E-state index contributed by atoms with van der Waals surface area (Å²) >= 11 is 1.55. The molecule has 0 aliphatic heterocycles. The number of rotatable bonds is 7. The fraction of sp³-hybridized carbons (Fsp3) is 0.417. The van der Waals surface area contributed by atoms with Gasteiger partial charge in [0.25, 0.3) is 0 Å². The zero-order chi connectivity index (χ0) is 13.4. The third-order valence-corrected chi connectivity index (χ3v) is 2.98. The molecule has 1 atom stereocenters. The fourth-order valence-electron chi connectivity index (χ4n) is 1.43. The van der Waals surface area contributed by atoms with Gasteiger partial charge in [0, 0.05) is 12.4 Å². The highest BCUT2D eigenvalue weighted by atomic mass is 32.2. The molecule has 18 heavy (non-hydrogen) atoms. The number of thioether (sulfide) groups is 1. The largest absolute Gasteiger partial charge is 0.480 e. The zero-order valence-corrected chi connectivity index (χ0v) is 10.9. The molecular weight excluding hydrogens is 252 g/mol. The second kappa shape index (κ2) is 7.71. The molecule has 1 rings (SSSR count). The minimum Gasteiger partial charge on any atom is -0.480 e. The number of nitrogens with zero attached hydrogens (tertiary/aromatic N) is 1. The molecule has 1 aromatic rings. The Morgan fingerprint density at radius 3 is 2.89 bits per heavy atom. The van der Waals surface area contributed by atoms with Crippen LogP contribution < -0.4 is 5.32 Å². The Hall–Kier alpha value is -1.56. The Bertz CT molecular complexity index is 398. The quantitative estimate of drug-likeness (QED) is 0.769. The van der Waals surface area contributed by atoms with Crippen molar-refractivity contribution in [2.75, 3.05) is 12.0 Å². The Labute approximate surface area is 110 Å². The van der Waals surface area contributed by atoms with Crippen molar-refractivity contribution in [3.05, 3.63) is 30.1 Å². The van der Waals surface area contributed by atoms with Crippen LogP contribution in [0, 0.1) is 0 Å². The summed E-state index contributed by atoms with van der Waals surface area (Å²) in [4.78, 5) is 26.5. The molecule has 0 unspecified atom stereocenters. The molecule has 0 radical (unpaired) electrons. The maximum Gasteiger partial charge on any atom is 0.326 e. The molecule has 0 aliphatic rings. The number of hydrogen-bond donors (Lipinski definition) is 2. The van der Waals surface area contributed by atoms with E-state index in [1.165, 1.54) is 0 Å². The lowest BCUT2D eigenvalue weighted by Crippen LogP contribution is -2.41. The van der Waals surface area contributed by atoms with Gasteiger partial charge in [0.2, 0.25) is 5.91 Å². The second-order valence-electron chi connectivity index (χ2n) is 3.78. The monoisotopic (exact) mass is 268 g/mol. The Morgan fingerprint density at radius 1 is 1.56 bits per heavy atom. The van der Waals surface area contributed by atoms with E-state index in [4.69, 9.17) is 5.11 Å². The van der Waals surface area contributed by atoms with Crippen LogP contribution in [0.4, 0.5) is 0 Å². The average Bonchev–Trinajstić information content (AvgIpc) is 2.35. The van der Waals surface area contributed by atoms with Gasteiger partial charge < -0.3 is 10.4 Å². The van der Waals surface area contributed by atoms with Crippen molar-refractivity contribution in [3.8, 4) is 0 Å². The lowest BCUT2D eigenvalue weighted by atomic mass is 10.1. The normalized spacial score (nSPS) is 11.8. The molecule has 5 nitrogen and oxygen atoms in total. The number of aromatic nitrogens is 1. The van der Waals surface area contributed by atoms with Crippen LogP contribution in [0.15, 0.2) is 24.5 Å². The van der Waals surface area contributed by atoms with Gasteiger partial charge in [-0.2, -0.15) is 11.8 Å². The number of pyridine rings is 1. The Balaban J connectivity index is 2.48. The molecule has 0 spiro atoms. The molecule has 0 bridgehead atoms. The van der Waals surface area contributed by atoms with Crippen LogP contribution in [-0.2, 0) is 16.0 Å². The molecule has 0 saturated carbocycles. The Kier molecular flexibility index (Phi) is 6.21. The van der Waals surface area contributed by atoms with Crippen LogP contribution in [0.5, 0.6) is 0 Å². The van der Waals surface area contributed by atoms with Crippen molar-refractivity contribution in [3.63, 3.8) is 0 Å². The van der Waals surface area contributed by atoms with E-state index in [1.807, 2.05) is 6.26 Å². The number of aliphatic carboxylic acids is 1. The maximum atomic E-state index is 11.7. The second-order valence-corrected chi connectivity index (χ2v) is 4.76. The Morgan fingerprint density at radius 2 is 2.33 bits per heavy atom. The van der Waals surface area contributed by atoms with Crippen LogP contribution in [0.3, 0.4) is 0 Å². The van der Waals surface area contributed by atoms with Gasteiger partial charge >= 0.3 is 5.97 Å². The van der Waals surface area contributed by atoms with E-state index in [0.29, 0.717) is 12.2 Å². The molecule has 2 N–H and O–H groups in total. The number of carbonyl (C=O) groups excluding carboxylic acids is 1. The van der Waals surface area contributed by atoms with Gasteiger partial charge in [-0.25, -0.2) is 4.79 Å². The summed E-state index contributed by atoms with van der Waals surface area (Å²) in [7, 11) is 0. The molecule has 0 aliphatic carbocycles. The van der Waals surface area contributed by atoms with E-state index in [-0.39, 0.29) is 12.3 Å². The van der Waals surface area contributed by atoms with Crippen molar-refractivity contribution in [2.45, 2.75) is 18.9 Å². The van der Waals surface area contributed by atoms with Crippen molar-refractivity contribution >= 4 is 23.6 Å². The van der Waals surface area contributed by atoms with Crippen molar-refractivity contribution in [1.29, 1.82) is 0 Å². The fourth-order valence-corrected chi connectivity index (χ4v) is 1.90. The molecule has 1 amide bonds. The number of carboxylic acid groups (broad SMARTS) is 1. The lowest BCUT2D eigenvalue weighted by Gasteiger charge is -2.13. The number of carbonyl (C=O) groups is 2. The van der Waals surface area contributed by atoms with Crippen LogP contribution >= 0.6 is 11.8 Å². The summed E-state index contributed by atoms with van der Waals surface area (Å²) in [6.07, 6.45) is 5.69. The first-order chi connectivity index (χ1) is 8.63.